The maximum atomic E-state index is 14.2. The molecule has 3 aliphatic rings. The number of carbonyl (C=O) groups is 2. The molecule has 1 fully saturated rings. The van der Waals surface area contributed by atoms with E-state index >= 15 is 0 Å². The second-order valence-electron chi connectivity index (χ2n) is 10.5. The average molecular weight is 559 g/mol. The summed E-state index contributed by atoms with van der Waals surface area (Å²) >= 11 is 0. The largest absolute Gasteiger partial charge is 0.368 e. The number of nitrogens with zero attached hydrogens (tertiary/aromatic N) is 4. The Labute approximate surface area is 244 Å². The van der Waals surface area contributed by atoms with E-state index in [2.05, 4.69) is 42.9 Å². The number of halogens is 1. The van der Waals surface area contributed by atoms with E-state index in [1.54, 1.807) is 42.3 Å². The smallest absolute Gasteiger partial charge is 0.255 e. The van der Waals surface area contributed by atoms with Crippen LogP contribution >= 0.6 is 0 Å². The molecule has 7 heteroatoms. The molecule has 0 radical (unpaired) electrons. The number of anilines is 1. The Hall–Kier alpha value is -4.09. The van der Waals surface area contributed by atoms with Gasteiger partial charge >= 0.3 is 0 Å². The first-order chi connectivity index (χ1) is 19.6. The third kappa shape index (κ3) is 7.36. The average Bonchev–Trinajstić information content (AvgIpc) is 3.21. The maximum Gasteiger partial charge on any atom is 0.255 e. The topological polar surface area (TPSA) is 47.1 Å². The molecule has 2 atom stereocenters. The summed E-state index contributed by atoms with van der Waals surface area (Å²) in [7, 11) is 3.77. The molecule has 0 spiro atoms. The number of piperazine rings is 1. The lowest BCUT2D eigenvalue weighted by molar-refractivity contribution is -0.138. The summed E-state index contributed by atoms with van der Waals surface area (Å²) in [6.07, 6.45) is 13.8. The zero-order valence-corrected chi connectivity index (χ0v) is 25.2. The number of hydrogen-bond acceptors (Lipinski definition) is 4. The van der Waals surface area contributed by atoms with Gasteiger partial charge in [-0.15, -0.1) is 12.3 Å². The molecule has 0 N–H and O–H groups in total. The standard InChI is InChI=1S/C31H37FN4O2.C3H6/c1-6-27(22(2)3)33(4)17-16-28-29(25-10-8-7-9-11-26(25)30(37)34(28)5)31(38)36-20-18-35(19-21-36)24-14-12-23(32)13-15-24;1-3-2/h7-8,10-17,28-29H,6,18-21H2,1-5H3;3H,1H2,2H3/b17-16+;. The van der Waals surface area contributed by atoms with Crippen molar-refractivity contribution in [3.8, 4) is 0 Å². The Kier molecular flexibility index (Phi) is 11.1. The van der Waals surface area contributed by atoms with E-state index in [4.69, 9.17) is 0 Å². The van der Waals surface area contributed by atoms with Gasteiger partial charge in [-0.1, -0.05) is 30.7 Å². The highest BCUT2D eigenvalue weighted by atomic mass is 19.1. The van der Waals surface area contributed by atoms with Gasteiger partial charge in [0.15, 0.2) is 0 Å². The number of allylic oxidation sites excluding steroid dienone is 5. The van der Waals surface area contributed by atoms with Crippen LogP contribution in [0.25, 0.3) is 0 Å². The lowest BCUT2D eigenvalue weighted by Gasteiger charge is -2.42. The van der Waals surface area contributed by atoms with Crippen LogP contribution in [-0.4, -0.2) is 72.8 Å². The third-order valence-electron chi connectivity index (χ3n) is 7.58. The first-order valence-corrected chi connectivity index (χ1v) is 14.2. The van der Waals surface area contributed by atoms with Gasteiger partial charge < -0.3 is 19.6 Å². The van der Waals surface area contributed by atoms with Crippen molar-refractivity contribution < 1.29 is 14.0 Å². The third-order valence-corrected chi connectivity index (χ3v) is 7.58. The number of likely N-dealkylation sites (N-methyl/N-ethyl adjacent to an activating group) is 1. The molecule has 4 rings (SSSR count). The molecule has 2 heterocycles. The SMILES string of the molecule is C=CC.CCC(=C(C)C)N(C)/C=C/C1C(C(=O)N2CCN(c3ccc(F)cc3)CC2)C2=C(C=C=CC=C2)C(=O)N1C. The Bertz CT molecular complexity index is 1300. The van der Waals surface area contributed by atoms with E-state index in [9.17, 15) is 14.0 Å². The molecule has 2 aliphatic heterocycles. The van der Waals surface area contributed by atoms with Gasteiger partial charge in [0.25, 0.3) is 5.91 Å². The fraction of sp³-hybridized carbons (Fsp3) is 0.382. The molecule has 2 amide bonds. The molecular weight excluding hydrogens is 515 g/mol. The lowest BCUT2D eigenvalue weighted by Crippen LogP contribution is -2.56. The number of amides is 2. The Morgan fingerprint density at radius 1 is 1.17 bits per heavy atom. The molecule has 218 valence electrons. The van der Waals surface area contributed by atoms with Crippen molar-refractivity contribution in [2.45, 2.75) is 40.2 Å². The van der Waals surface area contributed by atoms with Gasteiger partial charge in [0.1, 0.15) is 5.82 Å². The highest BCUT2D eigenvalue weighted by Gasteiger charge is 2.43. The lowest BCUT2D eigenvalue weighted by atomic mass is 9.81. The molecule has 6 nitrogen and oxygen atoms in total. The summed E-state index contributed by atoms with van der Waals surface area (Å²) in [5.41, 5.74) is 7.65. The monoisotopic (exact) mass is 558 g/mol. The van der Waals surface area contributed by atoms with Crippen LogP contribution in [0.1, 0.15) is 34.1 Å². The van der Waals surface area contributed by atoms with E-state index in [0.29, 0.717) is 31.8 Å². The molecule has 1 saturated heterocycles. The van der Waals surface area contributed by atoms with Crippen LogP contribution < -0.4 is 4.90 Å². The number of carbonyl (C=O) groups excluding carboxylic acids is 2. The van der Waals surface area contributed by atoms with Crippen LogP contribution in [0.2, 0.25) is 0 Å². The van der Waals surface area contributed by atoms with Crippen molar-refractivity contribution in [1.82, 2.24) is 14.7 Å². The molecule has 0 saturated carbocycles. The second-order valence-corrected chi connectivity index (χ2v) is 10.5. The van der Waals surface area contributed by atoms with Crippen LogP contribution in [0.4, 0.5) is 10.1 Å². The predicted molar refractivity (Wildman–Crippen MR) is 165 cm³/mol. The minimum Gasteiger partial charge on any atom is -0.368 e. The van der Waals surface area contributed by atoms with Gasteiger partial charge in [-0.3, -0.25) is 9.59 Å². The number of benzene rings is 1. The fourth-order valence-corrected chi connectivity index (χ4v) is 5.52. The van der Waals surface area contributed by atoms with Crippen LogP contribution in [0.15, 0.2) is 102 Å². The zero-order valence-electron chi connectivity index (χ0n) is 25.2. The van der Waals surface area contributed by atoms with Gasteiger partial charge in [0.05, 0.1) is 17.5 Å². The Morgan fingerprint density at radius 2 is 1.80 bits per heavy atom. The van der Waals surface area contributed by atoms with Crippen molar-refractivity contribution in [2.24, 2.45) is 5.92 Å². The summed E-state index contributed by atoms with van der Waals surface area (Å²) in [5.74, 6) is -0.908. The van der Waals surface area contributed by atoms with Crippen molar-refractivity contribution in [2.75, 3.05) is 45.2 Å². The molecule has 0 aromatic heterocycles. The fourth-order valence-electron chi connectivity index (χ4n) is 5.52. The highest BCUT2D eigenvalue weighted by molar-refractivity contribution is 6.02. The van der Waals surface area contributed by atoms with E-state index in [0.717, 1.165) is 17.7 Å². The molecule has 1 aliphatic carbocycles. The second kappa shape index (κ2) is 14.5. The molecule has 1 aromatic rings. The first kappa shape index (κ1) is 31.4. The van der Waals surface area contributed by atoms with Gasteiger partial charge in [-0.25, -0.2) is 4.39 Å². The van der Waals surface area contributed by atoms with Gasteiger partial charge in [-0.05, 0) is 75.3 Å². The van der Waals surface area contributed by atoms with Crippen LogP contribution in [0.3, 0.4) is 0 Å². The summed E-state index contributed by atoms with van der Waals surface area (Å²) in [5, 5.41) is 0. The summed E-state index contributed by atoms with van der Waals surface area (Å²) in [4.78, 5) is 35.3. The van der Waals surface area contributed by atoms with E-state index in [1.165, 1.54) is 23.4 Å². The van der Waals surface area contributed by atoms with Crippen molar-refractivity contribution in [3.63, 3.8) is 0 Å². The van der Waals surface area contributed by atoms with Crippen molar-refractivity contribution >= 4 is 17.5 Å². The Morgan fingerprint density at radius 3 is 2.39 bits per heavy atom. The van der Waals surface area contributed by atoms with Crippen LogP contribution in [0.5, 0.6) is 0 Å². The molecule has 41 heavy (non-hydrogen) atoms. The summed E-state index contributed by atoms with van der Waals surface area (Å²) in [6.45, 7) is 14.0. The van der Waals surface area contributed by atoms with Crippen LogP contribution in [0, 0.1) is 11.7 Å². The maximum absolute atomic E-state index is 14.2. The van der Waals surface area contributed by atoms with Crippen LogP contribution in [-0.2, 0) is 9.59 Å². The minimum atomic E-state index is -0.535. The number of hydrogen-bond donors (Lipinski definition) is 0. The number of rotatable bonds is 6. The minimum absolute atomic E-state index is 0.00536. The van der Waals surface area contributed by atoms with E-state index < -0.39 is 12.0 Å². The van der Waals surface area contributed by atoms with Gasteiger partial charge in [-0.2, -0.15) is 0 Å². The Balaban J connectivity index is 0.00000147. The van der Waals surface area contributed by atoms with Crippen molar-refractivity contribution in [1.29, 1.82) is 0 Å². The summed E-state index contributed by atoms with van der Waals surface area (Å²) in [6, 6.07) is 6.04. The first-order valence-electron chi connectivity index (χ1n) is 14.2. The van der Waals surface area contributed by atoms with E-state index in [-0.39, 0.29) is 17.6 Å². The van der Waals surface area contributed by atoms with Gasteiger partial charge in [0, 0.05) is 57.9 Å². The molecule has 1 aromatic carbocycles. The summed E-state index contributed by atoms with van der Waals surface area (Å²) < 4.78 is 13.4. The predicted octanol–water partition coefficient (Wildman–Crippen LogP) is 5.85. The zero-order chi connectivity index (χ0) is 30.1. The quantitative estimate of drug-likeness (QED) is 0.325. The molecular formula is C34H43FN4O2. The molecule has 2 unspecified atom stereocenters. The normalized spacial score (nSPS) is 20.0. The van der Waals surface area contributed by atoms with Gasteiger partial charge in [0.2, 0.25) is 5.91 Å². The van der Waals surface area contributed by atoms with Crippen molar-refractivity contribution in [3.05, 3.63) is 107 Å². The molecule has 0 bridgehead atoms. The van der Waals surface area contributed by atoms with E-state index in [1.807, 2.05) is 43.3 Å². The highest BCUT2D eigenvalue weighted by Crippen LogP contribution is 2.34.